The molecule has 0 saturated carbocycles. The van der Waals surface area contributed by atoms with E-state index in [1.54, 1.807) is 24.3 Å². The maximum atomic E-state index is 13.3. The summed E-state index contributed by atoms with van der Waals surface area (Å²) in [6, 6.07) is 23.3. The largest absolute Gasteiger partial charge is 0.496 e. The molecule has 39 heavy (non-hydrogen) atoms. The van der Waals surface area contributed by atoms with Gasteiger partial charge in [-0.3, -0.25) is 9.59 Å². The molecule has 2 amide bonds. The highest BCUT2D eigenvalue weighted by Crippen LogP contribution is 2.30. The van der Waals surface area contributed by atoms with E-state index in [1.807, 2.05) is 25.1 Å². The zero-order chi connectivity index (χ0) is 27.5. The number of methoxy groups -OCH3 is 1. The lowest BCUT2D eigenvalue weighted by Crippen LogP contribution is -2.36. The standard InChI is InChI=1S/C32H39N3O4/c1-3-39-21-9-18-33-31(36)28-23-26(34-32(37)27-12-7-8-13-30(27)38-2)14-15-29(28)35-19-16-25(17-20-35)22-24-10-5-4-6-11-24/h4-8,10-15,23,25H,3,9,16-22H2,1-2H3,(H,33,36)(H,34,37). The second kappa shape index (κ2) is 14.4. The quantitative estimate of drug-likeness (QED) is 0.300. The molecule has 1 aliphatic heterocycles. The number of rotatable bonds is 12. The van der Waals surface area contributed by atoms with Crippen molar-refractivity contribution in [2.45, 2.75) is 32.6 Å². The van der Waals surface area contributed by atoms with Crippen LogP contribution in [-0.2, 0) is 11.2 Å². The lowest BCUT2D eigenvalue weighted by Gasteiger charge is -2.35. The van der Waals surface area contributed by atoms with Crippen molar-refractivity contribution in [3.8, 4) is 5.75 Å². The highest BCUT2D eigenvalue weighted by Gasteiger charge is 2.24. The van der Waals surface area contributed by atoms with Crippen LogP contribution in [-0.4, -0.2) is 51.8 Å². The monoisotopic (exact) mass is 529 g/mol. The van der Waals surface area contributed by atoms with E-state index in [4.69, 9.17) is 9.47 Å². The van der Waals surface area contributed by atoms with Crippen LogP contribution in [0.2, 0.25) is 0 Å². The Labute approximate surface area is 231 Å². The summed E-state index contributed by atoms with van der Waals surface area (Å²) in [5.41, 5.74) is 3.83. The summed E-state index contributed by atoms with van der Waals surface area (Å²) in [5, 5.41) is 5.97. The number of nitrogens with zero attached hydrogens (tertiary/aromatic N) is 1. The number of ether oxygens (including phenoxy) is 2. The van der Waals surface area contributed by atoms with Crippen molar-refractivity contribution in [1.29, 1.82) is 0 Å². The number of amides is 2. The van der Waals surface area contributed by atoms with Gasteiger partial charge in [0.25, 0.3) is 11.8 Å². The molecule has 0 atom stereocenters. The molecule has 7 heteroatoms. The van der Waals surface area contributed by atoms with Crippen LogP contribution in [0, 0.1) is 5.92 Å². The number of piperidine rings is 1. The van der Waals surface area contributed by atoms with E-state index in [9.17, 15) is 9.59 Å². The summed E-state index contributed by atoms with van der Waals surface area (Å²) in [4.78, 5) is 28.6. The molecular weight excluding hydrogens is 490 g/mol. The number of hydrogen-bond acceptors (Lipinski definition) is 5. The van der Waals surface area contributed by atoms with E-state index in [-0.39, 0.29) is 11.8 Å². The first-order valence-electron chi connectivity index (χ1n) is 13.8. The van der Waals surface area contributed by atoms with E-state index >= 15 is 0 Å². The second-order valence-corrected chi connectivity index (χ2v) is 9.81. The fraction of sp³-hybridized carbons (Fsp3) is 0.375. The summed E-state index contributed by atoms with van der Waals surface area (Å²) in [6.45, 7) is 5.51. The van der Waals surface area contributed by atoms with Gasteiger partial charge >= 0.3 is 0 Å². The predicted octanol–water partition coefficient (Wildman–Crippen LogP) is 5.56. The van der Waals surface area contributed by atoms with Crippen LogP contribution < -0.4 is 20.3 Å². The maximum Gasteiger partial charge on any atom is 0.259 e. The van der Waals surface area contributed by atoms with E-state index in [0.717, 1.165) is 44.5 Å². The molecule has 4 rings (SSSR count). The van der Waals surface area contributed by atoms with Crippen LogP contribution in [0.3, 0.4) is 0 Å². The van der Waals surface area contributed by atoms with E-state index < -0.39 is 0 Å². The molecule has 3 aromatic rings. The predicted molar refractivity (Wildman–Crippen MR) is 156 cm³/mol. The normalized spacial score (nSPS) is 13.6. The van der Waals surface area contributed by atoms with E-state index in [0.29, 0.717) is 48.2 Å². The van der Waals surface area contributed by atoms with Crippen LogP contribution in [0.25, 0.3) is 0 Å². The summed E-state index contributed by atoms with van der Waals surface area (Å²) < 4.78 is 10.7. The Bertz CT molecular complexity index is 1220. The summed E-state index contributed by atoms with van der Waals surface area (Å²) in [5.74, 6) is 0.683. The molecule has 7 nitrogen and oxygen atoms in total. The summed E-state index contributed by atoms with van der Waals surface area (Å²) >= 11 is 0. The first-order chi connectivity index (χ1) is 19.1. The fourth-order valence-electron chi connectivity index (χ4n) is 5.04. The lowest BCUT2D eigenvalue weighted by atomic mass is 9.89. The van der Waals surface area contributed by atoms with Gasteiger partial charge in [0.05, 0.1) is 18.2 Å². The van der Waals surface area contributed by atoms with Crippen LogP contribution in [0.5, 0.6) is 5.75 Å². The van der Waals surface area contributed by atoms with Gasteiger partial charge in [-0.1, -0.05) is 42.5 Å². The number of anilines is 2. The molecule has 0 aromatic heterocycles. The van der Waals surface area contributed by atoms with Crippen molar-refractivity contribution in [1.82, 2.24) is 5.32 Å². The smallest absolute Gasteiger partial charge is 0.259 e. The van der Waals surface area contributed by atoms with Gasteiger partial charge < -0.3 is 25.0 Å². The van der Waals surface area contributed by atoms with Crippen LogP contribution in [0.15, 0.2) is 72.8 Å². The minimum absolute atomic E-state index is 0.152. The van der Waals surface area contributed by atoms with Crippen molar-refractivity contribution < 1.29 is 19.1 Å². The van der Waals surface area contributed by atoms with Gasteiger partial charge in [0, 0.05) is 44.2 Å². The third-order valence-electron chi connectivity index (χ3n) is 7.13. The molecule has 0 unspecified atom stereocenters. The molecule has 0 radical (unpaired) electrons. The molecule has 3 aromatic carbocycles. The third kappa shape index (κ3) is 7.83. The number of carbonyl (C=O) groups excluding carboxylic acids is 2. The Morgan fingerprint density at radius 1 is 0.923 bits per heavy atom. The summed E-state index contributed by atoms with van der Waals surface area (Å²) in [7, 11) is 1.54. The van der Waals surface area contributed by atoms with Gasteiger partial charge in [-0.2, -0.15) is 0 Å². The molecule has 206 valence electrons. The minimum Gasteiger partial charge on any atom is -0.496 e. The van der Waals surface area contributed by atoms with E-state index in [2.05, 4.69) is 45.9 Å². The zero-order valence-corrected chi connectivity index (χ0v) is 22.9. The van der Waals surface area contributed by atoms with Gasteiger partial charge in [-0.25, -0.2) is 0 Å². The van der Waals surface area contributed by atoms with Crippen LogP contribution >= 0.6 is 0 Å². The summed E-state index contributed by atoms with van der Waals surface area (Å²) in [6.07, 6.45) is 3.95. The number of benzene rings is 3. The highest BCUT2D eigenvalue weighted by atomic mass is 16.5. The molecule has 1 fully saturated rings. The number of nitrogens with one attached hydrogen (secondary N) is 2. The third-order valence-corrected chi connectivity index (χ3v) is 7.13. The second-order valence-electron chi connectivity index (χ2n) is 9.81. The average molecular weight is 530 g/mol. The van der Waals surface area contributed by atoms with Crippen molar-refractivity contribution in [3.63, 3.8) is 0 Å². The molecule has 0 bridgehead atoms. The van der Waals surface area contributed by atoms with Gasteiger partial charge in [0.1, 0.15) is 5.75 Å². The number of para-hydroxylation sites is 1. The van der Waals surface area contributed by atoms with Gasteiger partial charge in [0.15, 0.2) is 0 Å². The topological polar surface area (TPSA) is 79.9 Å². The Morgan fingerprint density at radius 3 is 2.41 bits per heavy atom. The highest BCUT2D eigenvalue weighted by molar-refractivity contribution is 6.07. The van der Waals surface area contributed by atoms with Crippen LogP contribution in [0.4, 0.5) is 11.4 Å². The van der Waals surface area contributed by atoms with Gasteiger partial charge in [0.2, 0.25) is 0 Å². The first kappa shape index (κ1) is 28.2. The molecular formula is C32H39N3O4. The SMILES string of the molecule is CCOCCCNC(=O)c1cc(NC(=O)c2ccccc2OC)ccc1N1CCC(Cc2ccccc2)CC1. The molecule has 0 aliphatic carbocycles. The Balaban J connectivity index is 1.48. The molecule has 2 N–H and O–H groups in total. The van der Waals surface area contributed by atoms with Crippen molar-refractivity contribution in [2.75, 3.05) is 50.2 Å². The molecule has 0 spiro atoms. The zero-order valence-electron chi connectivity index (χ0n) is 22.9. The number of carbonyl (C=O) groups is 2. The molecule has 1 aliphatic rings. The Hall–Kier alpha value is -3.84. The average Bonchev–Trinajstić information content (AvgIpc) is 2.98. The van der Waals surface area contributed by atoms with Crippen LogP contribution in [0.1, 0.15) is 52.5 Å². The van der Waals surface area contributed by atoms with Gasteiger partial charge in [-0.15, -0.1) is 0 Å². The first-order valence-corrected chi connectivity index (χ1v) is 13.8. The maximum absolute atomic E-state index is 13.3. The van der Waals surface area contributed by atoms with E-state index in [1.165, 1.54) is 12.7 Å². The van der Waals surface area contributed by atoms with Gasteiger partial charge in [-0.05, 0) is 74.4 Å². The minimum atomic E-state index is -0.287. The number of hydrogen-bond donors (Lipinski definition) is 2. The molecule has 1 heterocycles. The van der Waals surface area contributed by atoms with Crippen molar-refractivity contribution >= 4 is 23.2 Å². The fourth-order valence-corrected chi connectivity index (χ4v) is 5.04. The molecule has 1 saturated heterocycles. The Morgan fingerprint density at radius 2 is 1.67 bits per heavy atom. The van der Waals surface area contributed by atoms with Crippen molar-refractivity contribution in [2.24, 2.45) is 5.92 Å². The van der Waals surface area contributed by atoms with Crippen molar-refractivity contribution in [3.05, 3.63) is 89.5 Å². The lowest BCUT2D eigenvalue weighted by molar-refractivity contribution is 0.0943. The Kier molecular flexibility index (Phi) is 10.4.